The van der Waals surface area contributed by atoms with Gasteiger partial charge in [0.05, 0.1) is 19.2 Å². The highest BCUT2D eigenvalue weighted by atomic mass is 127. The summed E-state index contributed by atoms with van der Waals surface area (Å²) in [6.07, 6.45) is 0.693. The van der Waals surface area contributed by atoms with Crippen LogP contribution < -0.4 is 10.6 Å². The number of likely N-dealkylation sites (N-methyl/N-ethyl adjacent to an activating group) is 1. The van der Waals surface area contributed by atoms with E-state index in [0.29, 0.717) is 24.7 Å². The summed E-state index contributed by atoms with van der Waals surface area (Å²) in [5.41, 5.74) is 0.222. The minimum absolute atomic E-state index is 0. The zero-order valence-electron chi connectivity index (χ0n) is 15.9. The zero-order valence-corrected chi connectivity index (χ0v) is 18.2. The molecule has 0 radical (unpaired) electrons. The molecular formula is C17H32F3IN4O. The smallest absolute Gasteiger partial charge is 0.378 e. The lowest BCUT2D eigenvalue weighted by Crippen LogP contribution is -2.68. The first-order valence-electron chi connectivity index (χ1n) is 9.22. The van der Waals surface area contributed by atoms with Crippen molar-refractivity contribution in [1.82, 2.24) is 15.5 Å². The molecule has 0 amide bonds. The molecule has 2 atom stereocenters. The highest BCUT2D eigenvalue weighted by Crippen LogP contribution is 2.57. The maximum absolute atomic E-state index is 12.4. The predicted molar refractivity (Wildman–Crippen MR) is 108 cm³/mol. The van der Waals surface area contributed by atoms with Gasteiger partial charge >= 0.3 is 6.18 Å². The summed E-state index contributed by atoms with van der Waals surface area (Å²) in [5.74, 6) is 0.689. The van der Waals surface area contributed by atoms with E-state index in [1.165, 1.54) is 31.2 Å². The van der Waals surface area contributed by atoms with Gasteiger partial charge in [-0.3, -0.25) is 9.89 Å². The Balaban J connectivity index is 0.00000338. The molecule has 1 spiro atoms. The average Bonchev–Trinajstić information content (AvgIpc) is 2.42. The molecule has 9 heteroatoms. The third-order valence-corrected chi connectivity index (χ3v) is 5.29. The molecular weight excluding hydrogens is 460 g/mol. The Morgan fingerprint density at radius 3 is 2.50 bits per heavy atom. The number of hydrogen-bond donors (Lipinski definition) is 2. The Morgan fingerprint density at radius 1 is 1.31 bits per heavy atom. The quantitative estimate of drug-likeness (QED) is 0.311. The minimum atomic E-state index is -4.17. The van der Waals surface area contributed by atoms with E-state index in [1.54, 1.807) is 0 Å². The summed E-state index contributed by atoms with van der Waals surface area (Å²) >= 11 is 0. The van der Waals surface area contributed by atoms with E-state index < -0.39 is 12.7 Å². The molecule has 2 saturated carbocycles. The van der Waals surface area contributed by atoms with Gasteiger partial charge < -0.3 is 15.4 Å². The van der Waals surface area contributed by atoms with Crippen LogP contribution in [-0.4, -0.2) is 69.0 Å². The number of aliphatic imine (C=N–C) groups is 1. The Labute approximate surface area is 171 Å². The van der Waals surface area contributed by atoms with Crippen LogP contribution >= 0.6 is 24.0 Å². The Hall–Kier alpha value is -0.290. The van der Waals surface area contributed by atoms with Crippen LogP contribution in [0.4, 0.5) is 13.2 Å². The van der Waals surface area contributed by atoms with E-state index in [-0.39, 0.29) is 35.9 Å². The minimum Gasteiger partial charge on any atom is -0.378 e. The Morgan fingerprint density at radius 2 is 2.00 bits per heavy atom. The molecule has 2 aliphatic carbocycles. The van der Waals surface area contributed by atoms with Gasteiger partial charge in [-0.2, -0.15) is 13.2 Å². The summed E-state index contributed by atoms with van der Waals surface area (Å²) in [7, 11) is 1.46. The summed E-state index contributed by atoms with van der Waals surface area (Å²) < 4.78 is 42.9. The SMILES string of the molecule is CCNC(=NCCN(C)CC(F)(F)F)NC1CC(OCC)C12CCC2.I. The summed E-state index contributed by atoms with van der Waals surface area (Å²) in [6, 6.07) is 0.337. The molecule has 0 aromatic heterocycles. The molecule has 0 aliphatic heterocycles. The number of nitrogens with one attached hydrogen (secondary N) is 2. The number of guanidine groups is 1. The highest BCUT2D eigenvalue weighted by Gasteiger charge is 2.59. The number of hydrogen-bond acceptors (Lipinski definition) is 3. The van der Waals surface area contributed by atoms with Gasteiger partial charge in [-0.15, -0.1) is 24.0 Å². The maximum atomic E-state index is 12.4. The normalized spacial score (nSPS) is 24.7. The fourth-order valence-corrected chi connectivity index (χ4v) is 3.84. The van der Waals surface area contributed by atoms with Crippen LogP contribution in [0.5, 0.6) is 0 Å². The second-order valence-electron chi connectivity index (χ2n) is 7.08. The molecule has 2 rings (SSSR count). The fourth-order valence-electron chi connectivity index (χ4n) is 3.84. The monoisotopic (exact) mass is 492 g/mol. The van der Waals surface area contributed by atoms with Gasteiger partial charge in [-0.05, 0) is 40.2 Å². The average molecular weight is 492 g/mol. The van der Waals surface area contributed by atoms with Gasteiger partial charge in [-0.25, -0.2) is 0 Å². The molecule has 154 valence electrons. The number of alkyl halides is 3. The molecule has 0 saturated heterocycles. The van der Waals surface area contributed by atoms with Crippen molar-refractivity contribution in [3.63, 3.8) is 0 Å². The van der Waals surface area contributed by atoms with E-state index in [0.717, 1.165) is 19.6 Å². The van der Waals surface area contributed by atoms with Crippen LogP contribution in [0.2, 0.25) is 0 Å². The van der Waals surface area contributed by atoms with Crippen LogP contribution in [0.1, 0.15) is 39.5 Å². The van der Waals surface area contributed by atoms with Gasteiger partial charge in [0.25, 0.3) is 0 Å². The zero-order chi connectivity index (χ0) is 18.5. The van der Waals surface area contributed by atoms with E-state index in [1.807, 2.05) is 13.8 Å². The molecule has 26 heavy (non-hydrogen) atoms. The van der Waals surface area contributed by atoms with Crippen LogP contribution in [0.25, 0.3) is 0 Å². The van der Waals surface area contributed by atoms with Crippen molar-refractivity contribution in [3.8, 4) is 0 Å². The lowest BCUT2D eigenvalue weighted by atomic mass is 9.51. The topological polar surface area (TPSA) is 48.9 Å². The van der Waals surface area contributed by atoms with Crippen molar-refractivity contribution < 1.29 is 17.9 Å². The summed E-state index contributed by atoms with van der Waals surface area (Å²) in [6.45, 7) is 5.15. The molecule has 2 fully saturated rings. The number of ether oxygens (including phenoxy) is 1. The number of rotatable bonds is 8. The first-order valence-corrected chi connectivity index (χ1v) is 9.22. The Bertz CT molecular complexity index is 458. The van der Waals surface area contributed by atoms with Gasteiger partial charge in [0.2, 0.25) is 0 Å². The standard InChI is InChI=1S/C17H31F3N4O.HI/c1-4-21-15(22-9-10-24(3)12-17(18,19)20)23-13-11-14(25-5-2)16(13)7-6-8-16;/h13-14H,4-12H2,1-3H3,(H2,21,22,23);1H. The summed E-state index contributed by atoms with van der Waals surface area (Å²) in [5, 5.41) is 6.67. The van der Waals surface area contributed by atoms with Gasteiger partial charge in [0.15, 0.2) is 5.96 Å². The van der Waals surface area contributed by atoms with Crippen LogP contribution in [-0.2, 0) is 4.74 Å². The second-order valence-corrected chi connectivity index (χ2v) is 7.08. The van der Waals surface area contributed by atoms with E-state index in [4.69, 9.17) is 4.74 Å². The van der Waals surface area contributed by atoms with Crippen molar-refractivity contribution in [2.24, 2.45) is 10.4 Å². The molecule has 0 bridgehead atoms. The first-order chi connectivity index (χ1) is 11.8. The van der Waals surface area contributed by atoms with Crippen molar-refractivity contribution in [2.45, 2.75) is 57.9 Å². The van der Waals surface area contributed by atoms with Crippen molar-refractivity contribution in [2.75, 3.05) is 39.8 Å². The third kappa shape index (κ3) is 6.12. The van der Waals surface area contributed by atoms with Crippen LogP contribution in [0, 0.1) is 5.41 Å². The predicted octanol–water partition coefficient (Wildman–Crippen LogP) is 3.00. The number of halogens is 4. The van der Waals surface area contributed by atoms with E-state index >= 15 is 0 Å². The molecule has 2 N–H and O–H groups in total. The molecule has 2 unspecified atom stereocenters. The van der Waals surface area contributed by atoms with Gasteiger partial charge in [0, 0.05) is 31.2 Å². The highest BCUT2D eigenvalue weighted by molar-refractivity contribution is 14.0. The summed E-state index contributed by atoms with van der Waals surface area (Å²) in [4.78, 5) is 5.69. The van der Waals surface area contributed by atoms with Gasteiger partial charge in [-0.1, -0.05) is 6.42 Å². The third-order valence-electron chi connectivity index (χ3n) is 5.29. The lowest BCUT2D eigenvalue weighted by molar-refractivity contribution is -0.168. The van der Waals surface area contributed by atoms with E-state index in [2.05, 4.69) is 15.6 Å². The van der Waals surface area contributed by atoms with Gasteiger partial charge in [0.1, 0.15) is 0 Å². The molecule has 2 aliphatic rings. The van der Waals surface area contributed by atoms with Crippen molar-refractivity contribution in [3.05, 3.63) is 0 Å². The van der Waals surface area contributed by atoms with Crippen molar-refractivity contribution in [1.29, 1.82) is 0 Å². The van der Waals surface area contributed by atoms with Crippen molar-refractivity contribution >= 4 is 29.9 Å². The van der Waals surface area contributed by atoms with Crippen LogP contribution in [0.15, 0.2) is 4.99 Å². The first kappa shape index (κ1) is 23.7. The lowest BCUT2D eigenvalue weighted by Gasteiger charge is -2.61. The Kier molecular flexibility index (Phi) is 9.42. The second kappa shape index (κ2) is 10.3. The molecule has 0 aromatic carbocycles. The van der Waals surface area contributed by atoms with Crippen LogP contribution in [0.3, 0.4) is 0 Å². The maximum Gasteiger partial charge on any atom is 0.401 e. The fraction of sp³-hybridized carbons (Fsp3) is 0.941. The molecule has 0 aromatic rings. The largest absolute Gasteiger partial charge is 0.401 e. The number of nitrogens with zero attached hydrogens (tertiary/aromatic N) is 2. The van der Waals surface area contributed by atoms with E-state index in [9.17, 15) is 13.2 Å². The molecule has 5 nitrogen and oxygen atoms in total. The molecule has 0 heterocycles.